The number of aromatic nitrogens is 1. The average Bonchev–Trinajstić information content (AvgIpc) is 2.52. The largest absolute Gasteiger partial charge is 0.468 e. The van der Waals surface area contributed by atoms with E-state index in [9.17, 15) is 36.2 Å². The third-order valence-corrected chi connectivity index (χ3v) is 3.97. The first-order valence-corrected chi connectivity index (χ1v) is 7.88. The van der Waals surface area contributed by atoms with E-state index in [4.69, 9.17) is 0 Å². The molecule has 0 aliphatic heterocycles. The highest BCUT2D eigenvalue weighted by Crippen LogP contribution is 2.40. The summed E-state index contributed by atoms with van der Waals surface area (Å²) < 4.78 is 78.3. The number of amides is 2. The molecule has 3 N–H and O–H groups in total. The number of alkyl halides is 6. The lowest BCUT2D eigenvalue weighted by Gasteiger charge is -2.37. The highest BCUT2D eigenvalue weighted by molar-refractivity contribution is 5.75. The summed E-state index contributed by atoms with van der Waals surface area (Å²) in [7, 11) is 0. The fourth-order valence-electron chi connectivity index (χ4n) is 2.50. The van der Waals surface area contributed by atoms with Crippen LogP contribution >= 0.6 is 0 Å². The van der Waals surface area contributed by atoms with Gasteiger partial charge in [-0.05, 0) is 24.5 Å². The van der Waals surface area contributed by atoms with Crippen molar-refractivity contribution in [2.24, 2.45) is 5.92 Å². The van der Waals surface area contributed by atoms with Gasteiger partial charge in [0.05, 0.1) is 18.6 Å². The monoisotopic (exact) mass is 401 g/mol. The summed E-state index contributed by atoms with van der Waals surface area (Å²) in [5, 5.41) is 14.1. The summed E-state index contributed by atoms with van der Waals surface area (Å²) in [6.07, 6.45) is -8.17. The van der Waals surface area contributed by atoms with E-state index in [1.165, 1.54) is 6.07 Å². The maximum absolute atomic E-state index is 12.4. The number of hydrogen-bond donors (Lipinski definition) is 3. The highest BCUT2D eigenvalue weighted by Gasteiger charge is 2.48. The van der Waals surface area contributed by atoms with Gasteiger partial charge >= 0.3 is 18.4 Å². The number of pyridine rings is 1. The number of carbonyl (C=O) groups excluding carboxylic acids is 1. The molecule has 0 saturated heterocycles. The van der Waals surface area contributed by atoms with Gasteiger partial charge in [-0.3, -0.25) is 0 Å². The number of hydrogen-bond acceptors (Lipinski definition) is 4. The van der Waals surface area contributed by atoms with Crippen molar-refractivity contribution in [1.29, 1.82) is 0 Å². The second-order valence-corrected chi connectivity index (χ2v) is 6.09. The molecule has 1 fully saturated rings. The van der Waals surface area contributed by atoms with Crippen LogP contribution in [0.5, 0.6) is 5.88 Å². The molecule has 1 aromatic rings. The summed E-state index contributed by atoms with van der Waals surface area (Å²) in [6.45, 7) is -2.14. The minimum atomic E-state index is -4.55. The fourth-order valence-corrected chi connectivity index (χ4v) is 2.50. The number of nitrogens with zero attached hydrogens (tertiary/aromatic N) is 1. The molecule has 152 valence electrons. The van der Waals surface area contributed by atoms with Gasteiger partial charge < -0.3 is 20.5 Å². The maximum atomic E-state index is 12.4. The molecular formula is C15H17F6N3O3. The molecule has 2 rings (SSSR count). The Kier molecular flexibility index (Phi) is 6.39. The summed E-state index contributed by atoms with van der Waals surface area (Å²) in [4.78, 5) is 15.5. The molecule has 1 atom stereocenters. The van der Waals surface area contributed by atoms with Gasteiger partial charge in [0.15, 0.2) is 6.61 Å². The molecule has 1 aromatic heterocycles. The fraction of sp³-hybridized carbons (Fsp3) is 0.600. The number of halogens is 6. The van der Waals surface area contributed by atoms with E-state index < -0.39 is 49.6 Å². The Balaban J connectivity index is 1.88. The van der Waals surface area contributed by atoms with Gasteiger partial charge in [0.1, 0.15) is 0 Å². The van der Waals surface area contributed by atoms with Crippen molar-refractivity contribution < 1.29 is 41.0 Å². The molecule has 27 heavy (non-hydrogen) atoms. The van der Waals surface area contributed by atoms with E-state index in [2.05, 4.69) is 20.4 Å². The van der Waals surface area contributed by atoms with Crippen molar-refractivity contribution >= 4 is 6.03 Å². The van der Waals surface area contributed by atoms with E-state index in [-0.39, 0.29) is 24.3 Å². The van der Waals surface area contributed by atoms with E-state index in [0.29, 0.717) is 0 Å². The predicted molar refractivity (Wildman–Crippen MR) is 79.8 cm³/mol. The molecule has 1 aliphatic rings. The smallest absolute Gasteiger partial charge is 0.422 e. The number of ether oxygens (including phenoxy) is 1. The van der Waals surface area contributed by atoms with Gasteiger partial charge in [0.2, 0.25) is 5.88 Å². The van der Waals surface area contributed by atoms with Crippen LogP contribution in [0.2, 0.25) is 0 Å². The molecule has 1 aliphatic carbocycles. The maximum Gasteiger partial charge on any atom is 0.422 e. The topological polar surface area (TPSA) is 83.5 Å². The van der Waals surface area contributed by atoms with Crippen molar-refractivity contribution in [3.8, 4) is 5.88 Å². The molecule has 1 heterocycles. The van der Waals surface area contributed by atoms with Crippen LogP contribution in [0.1, 0.15) is 24.4 Å². The standard InChI is InChI=1S/C15H17F6N3O3/c16-14(17,18)7-27-12-3-8(1-2-22-12)11(6-25)24-13(26)23-10-4-9(5-10)15(19,20)21/h1-3,9-11,25H,4-7H2,(H2,23,24,26)/t9-,10-,11?. The second kappa shape index (κ2) is 8.19. The molecule has 0 radical (unpaired) electrons. The van der Waals surface area contributed by atoms with Gasteiger partial charge in [-0.1, -0.05) is 0 Å². The first kappa shape index (κ1) is 21.1. The zero-order valence-electron chi connectivity index (χ0n) is 13.8. The van der Waals surface area contributed by atoms with Crippen molar-refractivity contribution in [3.05, 3.63) is 23.9 Å². The molecule has 0 bridgehead atoms. The van der Waals surface area contributed by atoms with E-state index >= 15 is 0 Å². The Morgan fingerprint density at radius 3 is 2.52 bits per heavy atom. The van der Waals surface area contributed by atoms with Gasteiger partial charge in [-0.15, -0.1) is 0 Å². The van der Waals surface area contributed by atoms with Crippen molar-refractivity contribution in [2.75, 3.05) is 13.2 Å². The number of urea groups is 1. The first-order chi connectivity index (χ1) is 12.5. The quantitative estimate of drug-likeness (QED) is 0.640. The van der Waals surface area contributed by atoms with Crippen LogP contribution in [-0.4, -0.2) is 47.7 Å². The molecule has 0 aromatic carbocycles. The van der Waals surface area contributed by atoms with Crippen LogP contribution in [0.4, 0.5) is 31.1 Å². The zero-order chi connectivity index (χ0) is 20.2. The number of aliphatic hydroxyl groups is 1. The normalized spacial score (nSPS) is 21.1. The summed E-state index contributed by atoms with van der Waals surface area (Å²) in [6, 6.07) is 0.0358. The Labute approximate surface area is 149 Å². The predicted octanol–water partition coefficient (Wildman–Crippen LogP) is 2.70. The first-order valence-electron chi connectivity index (χ1n) is 7.88. The van der Waals surface area contributed by atoms with Crippen LogP contribution in [-0.2, 0) is 0 Å². The van der Waals surface area contributed by atoms with Gasteiger partial charge in [0.25, 0.3) is 0 Å². The SMILES string of the molecule is O=C(NC(CO)c1ccnc(OCC(F)(F)F)c1)N[C@H]1C[C@H](C(F)(F)F)C1. The van der Waals surface area contributed by atoms with Crippen molar-refractivity contribution in [1.82, 2.24) is 15.6 Å². The third kappa shape index (κ3) is 6.45. The van der Waals surface area contributed by atoms with E-state index in [1.807, 2.05) is 0 Å². The van der Waals surface area contributed by atoms with Crippen LogP contribution < -0.4 is 15.4 Å². The van der Waals surface area contributed by atoms with Crippen molar-refractivity contribution in [2.45, 2.75) is 37.3 Å². The second-order valence-electron chi connectivity index (χ2n) is 6.09. The number of aliphatic hydroxyl groups excluding tert-OH is 1. The van der Waals surface area contributed by atoms with Crippen LogP contribution in [0, 0.1) is 5.92 Å². The third-order valence-electron chi connectivity index (χ3n) is 3.97. The lowest BCUT2D eigenvalue weighted by molar-refractivity contribution is -0.198. The van der Waals surface area contributed by atoms with Crippen LogP contribution in [0.25, 0.3) is 0 Å². The molecule has 12 heteroatoms. The molecule has 6 nitrogen and oxygen atoms in total. The average molecular weight is 401 g/mol. The van der Waals surface area contributed by atoms with Crippen LogP contribution in [0.3, 0.4) is 0 Å². The van der Waals surface area contributed by atoms with Gasteiger partial charge in [-0.2, -0.15) is 26.3 Å². The molecule has 1 saturated carbocycles. The Morgan fingerprint density at radius 2 is 1.96 bits per heavy atom. The minimum Gasteiger partial charge on any atom is -0.468 e. The molecule has 2 amide bonds. The lowest BCUT2D eigenvalue weighted by Crippen LogP contribution is -2.52. The number of carbonyl (C=O) groups is 1. The zero-order valence-corrected chi connectivity index (χ0v) is 13.8. The highest BCUT2D eigenvalue weighted by atomic mass is 19.4. The minimum absolute atomic E-state index is 0.224. The lowest BCUT2D eigenvalue weighted by atomic mass is 9.80. The van der Waals surface area contributed by atoms with Crippen LogP contribution in [0.15, 0.2) is 18.3 Å². The van der Waals surface area contributed by atoms with E-state index in [0.717, 1.165) is 12.3 Å². The molecule has 0 spiro atoms. The Morgan fingerprint density at radius 1 is 1.30 bits per heavy atom. The Hall–Kier alpha value is -2.24. The number of rotatable bonds is 6. The van der Waals surface area contributed by atoms with Gasteiger partial charge in [-0.25, -0.2) is 9.78 Å². The van der Waals surface area contributed by atoms with Crippen molar-refractivity contribution in [3.63, 3.8) is 0 Å². The summed E-state index contributed by atoms with van der Waals surface area (Å²) in [5.74, 6) is -1.80. The van der Waals surface area contributed by atoms with Gasteiger partial charge in [0, 0.05) is 18.3 Å². The Bertz CT molecular complexity index is 646. The molecule has 1 unspecified atom stereocenters. The summed E-state index contributed by atoms with van der Waals surface area (Å²) in [5.41, 5.74) is 0.224. The van der Waals surface area contributed by atoms with E-state index in [1.54, 1.807) is 0 Å². The number of nitrogens with one attached hydrogen (secondary N) is 2. The molecular weight excluding hydrogens is 384 g/mol. The summed E-state index contributed by atoms with van der Waals surface area (Å²) >= 11 is 0.